The summed E-state index contributed by atoms with van der Waals surface area (Å²) < 4.78 is 15.5. The average molecular weight is 346 g/mol. The number of alkyl halides is 1. The Bertz CT molecular complexity index is 735. The van der Waals surface area contributed by atoms with Gasteiger partial charge in [0.25, 0.3) is 0 Å². The lowest BCUT2D eigenvalue weighted by atomic mass is 9.67. The summed E-state index contributed by atoms with van der Waals surface area (Å²) in [5.74, 6) is 0.268. The van der Waals surface area contributed by atoms with Crippen molar-refractivity contribution < 1.29 is 9.18 Å². The van der Waals surface area contributed by atoms with Gasteiger partial charge >= 0.3 is 0 Å². The van der Waals surface area contributed by atoms with Crippen molar-refractivity contribution in [3.05, 3.63) is 29.3 Å². The molecule has 1 amide bonds. The summed E-state index contributed by atoms with van der Waals surface area (Å²) in [7, 11) is 0. The Morgan fingerprint density at radius 2 is 2.17 bits per heavy atom. The van der Waals surface area contributed by atoms with Gasteiger partial charge in [0.2, 0.25) is 5.91 Å². The third-order valence-electron chi connectivity index (χ3n) is 5.56. The van der Waals surface area contributed by atoms with Crippen molar-refractivity contribution in [2.45, 2.75) is 69.6 Å². The first-order valence-corrected chi connectivity index (χ1v) is 9.66. The lowest BCUT2D eigenvalue weighted by Gasteiger charge is -2.57. The van der Waals surface area contributed by atoms with Crippen LogP contribution < -0.4 is 0 Å². The summed E-state index contributed by atoms with van der Waals surface area (Å²) in [6, 6.07) is 8.26. The Kier molecular flexibility index (Phi) is 3.87. The molecule has 24 heavy (non-hydrogen) atoms. The van der Waals surface area contributed by atoms with E-state index in [1.54, 1.807) is 11.3 Å². The zero-order valence-corrected chi connectivity index (χ0v) is 15.0. The Morgan fingerprint density at radius 3 is 2.88 bits per heavy atom. The molecule has 0 N–H and O–H groups in total. The molecule has 5 heteroatoms. The van der Waals surface area contributed by atoms with Crippen molar-refractivity contribution in [1.29, 1.82) is 0 Å². The van der Waals surface area contributed by atoms with E-state index >= 15 is 0 Å². The number of carbonyl (C=O) groups is 1. The van der Waals surface area contributed by atoms with Crippen molar-refractivity contribution in [2.75, 3.05) is 0 Å². The molecule has 1 aromatic carbocycles. The second-order valence-electron chi connectivity index (χ2n) is 7.41. The minimum Gasteiger partial charge on any atom is -0.336 e. The van der Waals surface area contributed by atoms with Crippen LogP contribution in [0.5, 0.6) is 0 Å². The van der Waals surface area contributed by atoms with Crippen LogP contribution in [0, 0.1) is 0 Å². The van der Waals surface area contributed by atoms with Crippen molar-refractivity contribution >= 4 is 27.5 Å². The molecule has 3 heterocycles. The third-order valence-corrected chi connectivity index (χ3v) is 6.83. The number of benzene rings is 1. The van der Waals surface area contributed by atoms with Gasteiger partial charge in [-0.25, -0.2) is 9.37 Å². The zero-order valence-electron chi connectivity index (χ0n) is 14.2. The van der Waals surface area contributed by atoms with Gasteiger partial charge in [-0.3, -0.25) is 4.79 Å². The van der Waals surface area contributed by atoms with E-state index in [0.717, 1.165) is 21.6 Å². The van der Waals surface area contributed by atoms with Crippen molar-refractivity contribution in [1.82, 2.24) is 9.88 Å². The normalized spacial score (nSPS) is 30.2. The van der Waals surface area contributed by atoms with Gasteiger partial charge in [0.05, 0.1) is 15.2 Å². The number of amides is 1. The van der Waals surface area contributed by atoms with Crippen LogP contribution in [0.1, 0.15) is 56.9 Å². The Morgan fingerprint density at radius 1 is 1.42 bits per heavy atom. The first kappa shape index (κ1) is 16.0. The Hall–Kier alpha value is -1.49. The standard InChI is InChI=1S/C19H23FN2OS/c1-3-13-9-19(20)10-14(11-19)22(13)17(23)8-12(2)18-21-15-6-4-5-7-16(15)24-18/h4-7,12-14H,3,8-11H2,1-2H3. The number of para-hydroxylation sites is 1. The van der Waals surface area contributed by atoms with E-state index in [1.807, 2.05) is 23.1 Å². The summed E-state index contributed by atoms with van der Waals surface area (Å²) >= 11 is 1.67. The average Bonchev–Trinajstić information content (AvgIpc) is 2.97. The molecule has 2 saturated heterocycles. The molecule has 3 nitrogen and oxygen atoms in total. The molecular weight excluding hydrogens is 323 g/mol. The second-order valence-corrected chi connectivity index (χ2v) is 8.47. The topological polar surface area (TPSA) is 33.2 Å². The molecule has 3 fully saturated rings. The molecule has 0 spiro atoms. The summed E-state index contributed by atoms with van der Waals surface area (Å²) in [4.78, 5) is 19.6. The predicted octanol–water partition coefficient (Wildman–Crippen LogP) is 4.67. The van der Waals surface area contributed by atoms with Crippen molar-refractivity contribution in [3.8, 4) is 0 Å². The number of hydrogen-bond donors (Lipinski definition) is 0. The molecule has 2 bridgehead atoms. The van der Waals surface area contributed by atoms with E-state index < -0.39 is 5.67 Å². The van der Waals surface area contributed by atoms with Crippen molar-refractivity contribution in [3.63, 3.8) is 0 Å². The monoisotopic (exact) mass is 346 g/mol. The fourth-order valence-corrected chi connectivity index (χ4v) is 5.29. The minimum atomic E-state index is -0.999. The number of piperidine rings is 2. The highest BCUT2D eigenvalue weighted by atomic mass is 32.1. The van der Waals surface area contributed by atoms with Gasteiger partial charge in [-0.1, -0.05) is 26.0 Å². The van der Waals surface area contributed by atoms with Crippen LogP contribution in [0.25, 0.3) is 10.2 Å². The molecule has 1 saturated carbocycles. The van der Waals surface area contributed by atoms with Gasteiger partial charge in [-0.2, -0.15) is 0 Å². The molecule has 1 aromatic heterocycles. The van der Waals surface area contributed by atoms with E-state index in [0.29, 0.717) is 25.7 Å². The molecule has 0 radical (unpaired) electrons. The maximum atomic E-state index is 14.3. The van der Waals surface area contributed by atoms with Gasteiger partial charge < -0.3 is 4.90 Å². The summed E-state index contributed by atoms with van der Waals surface area (Å²) in [6.45, 7) is 4.12. The molecule has 2 atom stereocenters. The number of hydrogen-bond acceptors (Lipinski definition) is 3. The van der Waals surface area contributed by atoms with Crippen LogP contribution >= 0.6 is 11.3 Å². The molecule has 1 aliphatic carbocycles. The zero-order chi connectivity index (χ0) is 16.9. The minimum absolute atomic E-state index is 0.0672. The number of aromatic nitrogens is 1. The van der Waals surface area contributed by atoms with Gasteiger partial charge in [0.1, 0.15) is 5.67 Å². The van der Waals surface area contributed by atoms with Gasteiger partial charge in [0.15, 0.2) is 0 Å². The maximum Gasteiger partial charge on any atom is 0.223 e. The highest BCUT2D eigenvalue weighted by Crippen LogP contribution is 2.50. The third kappa shape index (κ3) is 2.63. The summed E-state index contributed by atoms with van der Waals surface area (Å²) in [6.07, 6.45) is 2.88. The smallest absolute Gasteiger partial charge is 0.223 e. The molecule has 2 aromatic rings. The molecular formula is C19H23FN2OS. The van der Waals surface area contributed by atoms with E-state index in [9.17, 15) is 9.18 Å². The largest absolute Gasteiger partial charge is 0.336 e. The van der Waals surface area contributed by atoms with Crippen LogP contribution in [0.4, 0.5) is 4.39 Å². The van der Waals surface area contributed by atoms with E-state index in [4.69, 9.17) is 0 Å². The number of thiazole rings is 1. The number of rotatable bonds is 4. The number of carbonyl (C=O) groups excluding carboxylic acids is 1. The highest BCUT2D eigenvalue weighted by Gasteiger charge is 2.55. The fraction of sp³-hybridized carbons (Fsp3) is 0.579. The number of nitrogens with zero attached hydrogens (tertiary/aromatic N) is 2. The van der Waals surface area contributed by atoms with Gasteiger partial charge in [-0.05, 0) is 18.6 Å². The first-order chi connectivity index (χ1) is 11.5. The molecule has 128 valence electrons. The quantitative estimate of drug-likeness (QED) is 0.806. The first-order valence-electron chi connectivity index (χ1n) is 8.84. The molecule has 3 aliphatic rings. The lowest BCUT2D eigenvalue weighted by Crippen LogP contribution is -2.65. The Labute approximate surface area is 145 Å². The van der Waals surface area contributed by atoms with Crippen LogP contribution in [0.2, 0.25) is 0 Å². The van der Waals surface area contributed by atoms with Crippen LogP contribution in [0.3, 0.4) is 0 Å². The molecule has 2 unspecified atom stereocenters. The number of fused-ring (bicyclic) bond motifs is 3. The second kappa shape index (κ2) is 5.80. The Balaban J connectivity index is 1.48. The fourth-order valence-electron chi connectivity index (χ4n) is 4.27. The van der Waals surface area contributed by atoms with Gasteiger partial charge in [0, 0.05) is 43.7 Å². The maximum absolute atomic E-state index is 14.3. The number of halogens is 1. The highest BCUT2D eigenvalue weighted by molar-refractivity contribution is 7.18. The summed E-state index contributed by atoms with van der Waals surface area (Å²) in [5.41, 5.74) is 0.00300. The van der Waals surface area contributed by atoms with Crippen LogP contribution in [-0.4, -0.2) is 33.5 Å². The SMILES string of the molecule is CCC1CC2(F)CC(C2)N1C(=O)CC(C)c1nc2ccccc2s1. The van der Waals surface area contributed by atoms with E-state index in [-0.39, 0.29) is 23.9 Å². The lowest BCUT2D eigenvalue weighted by molar-refractivity contribution is -0.160. The van der Waals surface area contributed by atoms with E-state index in [1.165, 1.54) is 0 Å². The van der Waals surface area contributed by atoms with Crippen molar-refractivity contribution in [2.24, 2.45) is 0 Å². The molecule has 5 rings (SSSR count). The summed E-state index contributed by atoms with van der Waals surface area (Å²) in [5, 5.41) is 1.02. The van der Waals surface area contributed by atoms with Crippen LogP contribution in [0.15, 0.2) is 24.3 Å². The molecule has 2 aliphatic heterocycles. The van der Waals surface area contributed by atoms with E-state index in [2.05, 4.69) is 24.9 Å². The van der Waals surface area contributed by atoms with Gasteiger partial charge in [-0.15, -0.1) is 11.3 Å². The predicted molar refractivity (Wildman–Crippen MR) is 95.1 cm³/mol. The van der Waals surface area contributed by atoms with Crippen LogP contribution in [-0.2, 0) is 4.79 Å².